The van der Waals surface area contributed by atoms with Crippen LogP contribution in [0.3, 0.4) is 0 Å². The summed E-state index contributed by atoms with van der Waals surface area (Å²) in [5.74, 6) is -0.313. The van der Waals surface area contributed by atoms with Gasteiger partial charge < -0.3 is 15.4 Å². The maximum absolute atomic E-state index is 11.8. The van der Waals surface area contributed by atoms with Crippen LogP contribution in [0.1, 0.15) is 42.6 Å². The van der Waals surface area contributed by atoms with E-state index in [1.54, 1.807) is 31.2 Å². The third kappa shape index (κ3) is 5.78. The largest absolute Gasteiger partial charge is 0.462 e. The fourth-order valence-electron chi connectivity index (χ4n) is 3.05. The zero-order valence-electron chi connectivity index (χ0n) is 18.0. The number of aryl methyl sites for hydroxylation is 1. The van der Waals surface area contributed by atoms with Gasteiger partial charge in [0.15, 0.2) is 0 Å². The predicted octanol–water partition coefficient (Wildman–Crippen LogP) is 5.39. The van der Waals surface area contributed by atoms with Gasteiger partial charge in [-0.05, 0) is 61.7 Å². The molecule has 0 saturated carbocycles. The lowest BCUT2D eigenvalue weighted by Crippen LogP contribution is -2.06. The summed E-state index contributed by atoms with van der Waals surface area (Å²) in [6, 6.07) is 14.1. The van der Waals surface area contributed by atoms with Crippen molar-refractivity contribution in [2.75, 3.05) is 17.2 Å². The molecule has 2 aromatic carbocycles. The van der Waals surface area contributed by atoms with E-state index in [-0.39, 0.29) is 23.9 Å². The number of aromatic nitrogens is 2. The summed E-state index contributed by atoms with van der Waals surface area (Å²) in [5, 5.41) is 17.7. The molecule has 0 aliphatic rings. The molecule has 9 nitrogen and oxygen atoms in total. The van der Waals surface area contributed by atoms with Crippen LogP contribution in [0.25, 0.3) is 0 Å². The number of nitro groups is 1. The molecule has 2 N–H and O–H groups in total. The van der Waals surface area contributed by atoms with E-state index in [1.807, 2.05) is 24.3 Å². The number of rotatable bonds is 10. The van der Waals surface area contributed by atoms with Gasteiger partial charge in [0.05, 0.1) is 17.1 Å². The number of ether oxygens (including phenoxy) is 1. The maximum Gasteiger partial charge on any atom is 0.353 e. The highest BCUT2D eigenvalue weighted by Crippen LogP contribution is 2.33. The Balaban J connectivity index is 1.80. The van der Waals surface area contributed by atoms with E-state index in [1.165, 1.54) is 11.9 Å². The highest BCUT2D eigenvalue weighted by Gasteiger charge is 2.23. The first-order valence-electron chi connectivity index (χ1n) is 10.4. The average Bonchev–Trinajstić information content (AvgIpc) is 2.79. The molecule has 0 unspecified atom stereocenters. The monoisotopic (exact) mass is 435 g/mol. The number of carbonyl (C=O) groups is 1. The van der Waals surface area contributed by atoms with E-state index in [4.69, 9.17) is 4.74 Å². The molecule has 0 radical (unpaired) electrons. The standard InChI is InChI=1S/C23H25N5O4/c1-3-5-6-16-7-11-18(12-8-16)26-21-20(28(30)31)22(25-15-24-21)27-19-13-9-17(10-14-19)23(29)32-4-2/h7-15H,3-6H2,1-2H3,(H2,24,25,26,27). The van der Waals surface area contributed by atoms with E-state index < -0.39 is 10.9 Å². The van der Waals surface area contributed by atoms with E-state index >= 15 is 0 Å². The zero-order chi connectivity index (χ0) is 22.9. The summed E-state index contributed by atoms with van der Waals surface area (Å²) in [7, 11) is 0. The van der Waals surface area contributed by atoms with E-state index in [0.29, 0.717) is 16.9 Å². The Morgan fingerprint density at radius 1 is 0.969 bits per heavy atom. The minimum atomic E-state index is -0.534. The van der Waals surface area contributed by atoms with Crippen molar-refractivity contribution < 1.29 is 14.5 Å². The number of benzene rings is 2. The van der Waals surface area contributed by atoms with Gasteiger partial charge in [-0.2, -0.15) is 0 Å². The Morgan fingerprint density at radius 2 is 1.53 bits per heavy atom. The molecule has 166 valence electrons. The highest BCUT2D eigenvalue weighted by atomic mass is 16.6. The summed E-state index contributed by atoms with van der Waals surface area (Å²) in [4.78, 5) is 31.1. The minimum absolute atomic E-state index is 0.0379. The summed E-state index contributed by atoms with van der Waals surface area (Å²) < 4.78 is 4.96. The van der Waals surface area contributed by atoms with E-state index in [9.17, 15) is 14.9 Å². The molecule has 9 heteroatoms. The summed E-state index contributed by atoms with van der Waals surface area (Å²) in [6.45, 7) is 4.16. The van der Waals surface area contributed by atoms with Gasteiger partial charge >= 0.3 is 11.7 Å². The van der Waals surface area contributed by atoms with Crippen LogP contribution in [0.4, 0.5) is 28.7 Å². The summed E-state index contributed by atoms with van der Waals surface area (Å²) in [5.41, 5.74) is 2.54. The fourth-order valence-corrected chi connectivity index (χ4v) is 3.05. The SMILES string of the molecule is CCCCc1ccc(Nc2ncnc(Nc3ccc(C(=O)OCC)cc3)c2[N+](=O)[O-])cc1. The van der Waals surface area contributed by atoms with Crippen molar-refractivity contribution in [1.82, 2.24) is 9.97 Å². The topological polar surface area (TPSA) is 119 Å². The Labute approximate surface area is 186 Å². The minimum Gasteiger partial charge on any atom is -0.462 e. The Morgan fingerprint density at radius 3 is 2.03 bits per heavy atom. The molecule has 3 aromatic rings. The number of carbonyl (C=O) groups excluding carboxylic acids is 1. The van der Waals surface area contributed by atoms with Gasteiger partial charge in [0.25, 0.3) is 0 Å². The maximum atomic E-state index is 11.8. The van der Waals surface area contributed by atoms with Gasteiger partial charge in [0.1, 0.15) is 6.33 Å². The van der Waals surface area contributed by atoms with Gasteiger partial charge in [0, 0.05) is 11.4 Å². The molecule has 0 spiro atoms. The van der Waals surface area contributed by atoms with Crippen molar-refractivity contribution in [3.63, 3.8) is 0 Å². The second-order valence-electron chi connectivity index (χ2n) is 7.02. The van der Waals surface area contributed by atoms with Gasteiger partial charge in [-0.1, -0.05) is 25.5 Å². The number of nitrogens with zero attached hydrogens (tertiary/aromatic N) is 3. The predicted molar refractivity (Wildman–Crippen MR) is 123 cm³/mol. The molecule has 0 fully saturated rings. The second-order valence-corrected chi connectivity index (χ2v) is 7.02. The van der Waals surface area contributed by atoms with Crippen LogP contribution in [0.5, 0.6) is 0 Å². The number of nitrogens with one attached hydrogen (secondary N) is 2. The molecule has 1 aromatic heterocycles. The van der Waals surface area contributed by atoms with Gasteiger partial charge in [-0.3, -0.25) is 10.1 Å². The molecule has 0 amide bonds. The first-order valence-corrected chi connectivity index (χ1v) is 10.4. The van der Waals surface area contributed by atoms with Crippen LogP contribution in [0.2, 0.25) is 0 Å². The molecule has 0 aliphatic carbocycles. The van der Waals surface area contributed by atoms with Crippen molar-refractivity contribution in [1.29, 1.82) is 0 Å². The van der Waals surface area contributed by atoms with Crippen molar-refractivity contribution in [2.45, 2.75) is 33.1 Å². The molecule has 0 aliphatic heterocycles. The third-order valence-electron chi connectivity index (χ3n) is 4.70. The van der Waals surface area contributed by atoms with Crippen LogP contribution in [-0.4, -0.2) is 27.5 Å². The number of unbranched alkanes of at least 4 members (excludes halogenated alkanes) is 1. The second kappa shape index (κ2) is 10.9. The first kappa shape index (κ1) is 22.7. The van der Waals surface area contributed by atoms with Crippen molar-refractivity contribution >= 4 is 34.7 Å². The number of esters is 1. The Hall–Kier alpha value is -4.01. The summed E-state index contributed by atoms with van der Waals surface area (Å²) in [6.07, 6.45) is 4.47. The molecular formula is C23H25N5O4. The molecule has 0 saturated heterocycles. The molecule has 0 atom stereocenters. The van der Waals surface area contributed by atoms with Crippen molar-refractivity contribution in [3.05, 3.63) is 76.1 Å². The highest BCUT2D eigenvalue weighted by molar-refractivity contribution is 5.90. The smallest absolute Gasteiger partial charge is 0.353 e. The zero-order valence-corrected chi connectivity index (χ0v) is 18.0. The Kier molecular flexibility index (Phi) is 7.69. The van der Waals surface area contributed by atoms with Crippen LogP contribution < -0.4 is 10.6 Å². The lowest BCUT2D eigenvalue weighted by atomic mass is 10.1. The van der Waals surface area contributed by atoms with Gasteiger partial charge in [-0.15, -0.1) is 0 Å². The fraction of sp³-hybridized carbons (Fsp3) is 0.261. The molecule has 1 heterocycles. The molecule has 0 bridgehead atoms. The van der Waals surface area contributed by atoms with Crippen molar-refractivity contribution in [3.8, 4) is 0 Å². The number of anilines is 4. The first-order chi connectivity index (χ1) is 15.5. The van der Waals surface area contributed by atoms with E-state index in [0.717, 1.165) is 19.3 Å². The normalized spacial score (nSPS) is 10.4. The van der Waals surface area contributed by atoms with Crippen LogP contribution >= 0.6 is 0 Å². The molecular weight excluding hydrogens is 410 g/mol. The average molecular weight is 435 g/mol. The third-order valence-corrected chi connectivity index (χ3v) is 4.70. The van der Waals surface area contributed by atoms with Crippen molar-refractivity contribution in [2.24, 2.45) is 0 Å². The quantitative estimate of drug-likeness (QED) is 0.247. The number of hydrogen-bond acceptors (Lipinski definition) is 8. The van der Waals surface area contributed by atoms with E-state index in [2.05, 4.69) is 27.5 Å². The van der Waals surface area contributed by atoms with Crippen LogP contribution in [0.15, 0.2) is 54.9 Å². The molecule has 32 heavy (non-hydrogen) atoms. The molecule has 3 rings (SSSR count). The van der Waals surface area contributed by atoms with Gasteiger partial charge in [-0.25, -0.2) is 14.8 Å². The van der Waals surface area contributed by atoms with Gasteiger partial charge in [0.2, 0.25) is 11.6 Å². The summed E-state index contributed by atoms with van der Waals surface area (Å²) >= 11 is 0. The lowest BCUT2D eigenvalue weighted by Gasteiger charge is -2.11. The lowest BCUT2D eigenvalue weighted by molar-refractivity contribution is -0.383. The van der Waals surface area contributed by atoms with Crippen LogP contribution in [0, 0.1) is 10.1 Å². The number of hydrogen-bond donors (Lipinski definition) is 2. The Bertz CT molecular complexity index is 1070. The van der Waals surface area contributed by atoms with Crippen LogP contribution in [-0.2, 0) is 11.2 Å².